The first-order valence-corrected chi connectivity index (χ1v) is 9.03. The minimum absolute atomic E-state index is 0.143. The van der Waals surface area contributed by atoms with E-state index in [1.54, 1.807) is 11.3 Å². The molecule has 0 saturated carbocycles. The average Bonchev–Trinajstić information content (AvgIpc) is 3.28. The van der Waals surface area contributed by atoms with Gasteiger partial charge in [0.25, 0.3) is 0 Å². The molecule has 3 heterocycles. The number of anilines is 1. The molecule has 1 amide bonds. The third kappa shape index (κ3) is 2.91. The second-order valence-corrected chi connectivity index (χ2v) is 7.16. The lowest BCUT2D eigenvalue weighted by atomic mass is 9.85. The lowest BCUT2D eigenvalue weighted by Crippen LogP contribution is -2.41. The summed E-state index contributed by atoms with van der Waals surface area (Å²) in [6.45, 7) is 2.59. The van der Waals surface area contributed by atoms with Gasteiger partial charge in [0.05, 0.1) is 17.3 Å². The number of thiophene rings is 1. The molecule has 0 radical (unpaired) electrons. The van der Waals surface area contributed by atoms with Gasteiger partial charge in [0.1, 0.15) is 0 Å². The SMILES string of the molecule is C[C@@H]1C[C@H](C(N)=O)c2ccccc2N1Cc1nc(-c2cccs2)no1. The molecule has 1 aliphatic rings. The number of aromatic nitrogens is 2. The van der Waals surface area contributed by atoms with Crippen LogP contribution in [0.1, 0.15) is 30.7 Å². The topological polar surface area (TPSA) is 85.3 Å². The number of nitrogens with zero attached hydrogens (tertiary/aromatic N) is 3. The van der Waals surface area contributed by atoms with Crippen LogP contribution >= 0.6 is 11.3 Å². The molecular weight excluding hydrogens is 336 g/mol. The van der Waals surface area contributed by atoms with E-state index in [2.05, 4.69) is 22.0 Å². The number of rotatable bonds is 4. The summed E-state index contributed by atoms with van der Waals surface area (Å²) in [5.41, 5.74) is 7.57. The van der Waals surface area contributed by atoms with Gasteiger partial charge < -0.3 is 15.2 Å². The summed E-state index contributed by atoms with van der Waals surface area (Å²) in [5.74, 6) is 0.629. The standard InChI is InChI=1S/C18H18N4O2S/c1-11-9-13(17(19)23)12-5-2-3-6-14(12)22(11)10-16-20-18(21-24-16)15-7-4-8-25-15/h2-8,11,13H,9-10H2,1H3,(H2,19,23)/t11-,13+/m1/s1. The van der Waals surface area contributed by atoms with Gasteiger partial charge in [0.15, 0.2) is 0 Å². The summed E-state index contributed by atoms with van der Waals surface area (Å²) in [5, 5.41) is 6.06. The molecule has 25 heavy (non-hydrogen) atoms. The van der Waals surface area contributed by atoms with Gasteiger partial charge in [-0.2, -0.15) is 4.98 Å². The lowest BCUT2D eigenvalue weighted by molar-refractivity contribution is -0.119. The van der Waals surface area contributed by atoms with Gasteiger partial charge in [-0.1, -0.05) is 29.4 Å². The van der Waals surface area contributed by atoms with Crippen molar-refractivity contribution in [3.05, 3.63) is 53.2 Å². The number of fused-ring (bicyclic) bond motifs is 1. The predicted octanol–water partition coefficient (Wildman–Crippen LogP) is 3.17. The highest BCUT2D eigenvalue weighted by Gasteiger charge is 2.33. The van der Waals surface area contributed by atoms with E-state index in [0.29, 0.717) is 24.7 Å². The highest BCUT2D eigenvalue weighted by atomic mass is 32.1. The second-order valence-electron chi connectivity index (χ2n) is 6.22. The smallest absolute Gasteiger partial charge is 0.246 e. The van der Waals surface area contributed by atoms with Gasteiger partial charge >= 0.3 is 0 Å². The van der Waals surface area contributed by atoms with Crippen LogP contribution in [0.15, 0.2) is 46.3 Å². The summed E-state index contributed by atoms with van der Waals surface area (Å²) >= 11 is 1.58. The minimum atomic E-state index is -0.281. The van der Waals surface area contributed by atoms with Crippen molar-refractivity contribution in [1.82, 2.24) is 10.1 Å². The van der Waals surface area contributed by atoms with Crippen LogP contribution in [0.25, 0.3) is 10.7 Å². The lowest BCUT2D eigenvalue weighted by Gasteiger charge is -2.39. The first-order chi connectivity index (χ1) is 12.1. The average molecular weight is 354 g/mol. The number of carbonyl (C=O) groups excluding carboxylic acids is 1. The van der Waals surface area contributed by atoms with Crippen LogP contribution in [0.5, 0.6) is 0 Å². The van der Waals surface area contributed by atoms with E-state index >= 15 is 0 Å². The third-order valence-corrected chi connectivity index (χ3v) is 5.45. The molecule has 0 fully saturated rings. The maximum absolute atomic E-state index is 11.8. The molecule has 0 saturated heterocycles. The number of benzene rings is 1. The van der Waals surface area contributed by atoms with Gasteiger partial charge in [-0.25, -0.2) is 0 Å². The minimum Gasteiger partial charge on any atom is -0.369 e. The molecule has 1 aromatic carbocycles. The fourth-order valence-corrected chi connectivity index (χ4v) is 4.01. The fraction of sp³-hybridized carbons (Fsp3) is 0.278. The number of hydrogen-bond acceptors (Lipinski definition) is 6. The first kappa shape index (κ1) is 15.8. The van der Waals surface area contributed by atoms with Gasteiger partial charge in [-0.05, 0) is 36.4 Å². The van der Waals surface area contributed by atoms with Crippen LogP contribution in [0.3, 0.4) is 0 Å². The zero-order valence-corrected chi connectivity index (χ0v) is 14.6. The Morgan fingerprint density at radius 3 is 2.96 bits per heavy atom. The Morgan fingerprint density at radius 2 is 2.20 bits per heavy atom. The maximum atomic E-state index is 11.8. The van der Waals surface area contributed by atoms with Crippen molar-refractivity contribution in [2.45, 2.75) is 31.8 Å². The van der Waals surface area contributed by atoms with E-state index in [-0.39, 0.29) is 17.9 Å². The molecule has 0 spiro atoms. The monoisotopic (exact) mass is 354 g/mol. The zero-order chi connectivity index (χ0) is 17.4. The Labute approximate surface area is 149 Å². The van der Waals surface area contributed by atoms with Crippen molar-refractivity contribution in [2.24, 2.45) is 5.73 Å². The molecule has 0 bridgehead atoms. The molecule has 0 unspecified atom stereocenters. The van der Waals surface area contributed by atoms with Crippen LogP contribution in [0.2, 0.25) is 0 Å². The first-order valence-electron chi connectivity index (χ1n) is 8.15. The van der Waals surface area contributed by atoms with Crippen molar-refractivity contribution in [2.75, 3.05) is 4.90 Å². The van der Waals surface area contributed by atoms with Crippen molar-refractivity contribution >= 4 is 22.9 Å². The Balaban J connectivity index is 1.64. The number of hydrogen-bond donors (Lipinski definition) is 1. The Hall–Kier alpha value is -2.67. The van der Waals surface area contributed by atoms with E-state index in [0.717, 1.165) is 16.1 Å². The number of carbonyl (C=O) groups is 1. The molecule has 128 valence electrons. The predicted molar refractivity (Wildman–Crippen MR) is 96.3 cm³/mol. The van der Waals surface area contributed by atoms with Crippen molar-refractivity contribution < 1.29 is 9.32 Å². The van der Waals surface area contributed by atoms with Crippen molar-refractivity contribution in [1.29, 1.82) is 0 Å². The third-order valence-electron chi connectivity index (χ3n) is 4.59. The second kappa shape index (κ2) is 6.33. The number of nitrogens with two attached hydrogens (primary N) is 1. The molecule has 6 nitrogen and oxygen atoms in total. The van der Waals surface area contributed by atoms with Gasteiger partial charge in [0, 0.05) is 11.7 Å². The summed E-state index contributed by atoms with van der Waals surface area (Å²) < 4.78 is 5.44. The molecule has 2 aromatic heterocycles. The normalized spacial score (nSPS) is 19.6. The highest BCUT2D eigenvalue weighted by molar-refractivity contribution is 7.13. The molecule has 0 aliphatic carbocycles. The molecule has 4 rings (SSSR count). The maximum Gasteiger partial charge on any atom is 0.246 e. The number of amides is 1. The molecule has 2 N–H and O–H groups in total. The fourth-order valence-electron chi connectivity index (χ4n) is 3.36. The van der Waals surface area contributed by atoms with Gasteiger partial charge in [-0.15, -0.1) is 11.3 Å². The quantitative estimate of drug-likeness (QED) is 0.778. The molecular formula is C18H18N4O2S. The molecule has 2 atom stereocenters. The summed E-state index contributed by atoms with van der Waals surface area (Å²) in [7, 11) is 0. The highest BCUT2D eigenvalue weighted by Crippen LogP contribution is 2.39. The van der Waals surface area contributed by atoms with E-state index in [4.69, 9.17) is 10.3 Å². The molecule has 7 heteroatoms. The van der Waals surface area contributed by atoms with Crippen molar-refractivity contribution in [3.8, 4) is 10.7 Å². The Bertz CT molecular complexity index is 890. The van der Waals surface area contributed by atoms with E-state index < -0.39 is 0 Å². The van der Waals surface area contributed by atoms with Crippen LogP contribution < -0.4 is 10.6 Å². The van der Waals surface area contributed by atoms with Crippen molar-refractivity contribution in [3.63, 3.8) is 0 Å². The molecule has 1 aliphatic heterocycles. The van der Waals surface area contributed by atoms with E-state index in [1.807, 2.05) is 41.8 Å². The number of para-hydroxylation sites is 1. The van der Waals surface area contributed by atoms with Crippen LogP contribution in [-0.4, -0.2) is 22.1 Å². The van der Waals surface area contributed by atoms with Crippen LogP contribution in [0, 0.1) is 0 Å². The largest absolute Gasteiger partial charge is 0.369 e. The Morgan fingerprint density at radius 1 is 1.36 bits per heavy atom. The van der Waals surface area contributed by atoms with Gasteiger partial charge in [0.2, 0.25) is 17.6 Å². The van der Waals surface area contributed by atoms with Gasteiger partial charge in [-0.3, -0.25) is 4.79 Å². The van der Waals surface area contributed by atoms with Crippen LogP contribution in [0.4, 0.5) is 5.69 Å². The van der Waals surface area contributed by atoms with Crippen LogP contribution in [-0.2, 0) is 11.3 Å². The van der Waals surface area contributed by atoms with E-state index in [9.17, 15) is 4.79 Å². The Kier molecular flexibility index (Phi) is 4.01. The summed E-state index contributed by atoms with van der Waals surface area (Å²) in [6, 6.07) is 12.0. The number of primary amides is 1. The summed E-state index contributed by atoms with van der Waals surface area (Å²) in [6.07, 6.45) is 0.679. The zero-order valence-electron chi connectivity index (χ0n) is 13.8. The summed E-state index contributed by atoms with van der Waals surface area (Å²) in [4.78, 5) is 19.5. The van der Waals surface area contributed by atoms with E-state index in [1.165, 1.54) is 0 Å². The molecule has 3 aromatic rings.